The molecule has 0 aliphatic heterocycles. The number of amides is 1. The van der Waals surface area contributed by atoms with Crippen molar-refractivity contribution in [1.29, 1.82) is 0 Å². The Kier molecular flexibility index (Phi) is 4.03. The lowest BCUT2D eigenvalue weighted by atomic mass is 9.87. The molecule has 1 fully saturated rings. The summed E-state index contributed by atoms with van der Waals surface area (Å²) >= 11 is 0. The molecule has 1 aromatic rings. The molecule has 1 aliphatic carbocycles. The number of hydrogen-bond acceptors (Lipinski definition) is 4. The van der Waals surface area contributed by atoms with Crippen LogP contribution in [0.1, 0.15) is 36.0 Å². The summed E-state index contributed by atoms with van der Waals surface area (Å²) in [5.74, 6) is 0.262. The SMILES string of the molecule is O=C(NCC1CCCC(O)C1)c1ccnnc1. The molecular weight excluding hydrogens is 218 g/mol. The third-order valence-corrected chi connectivity index (χ3v) is 3.15. The normalized spacial score (nSPS) is 24.3. The van der Waals surface area contributed by atoms with Crippen LogP contribution in [0.25, 0.3) is 0 Å². The Bertz CT molecular complexity index is 369. The molecule has 0 bridgehead atoms. The molecule has 2 atom stereocenters. The highest BCUT2D eigenvalue weighted by atomic mass is 16.3. The summed E-state index contributed by atoms with van der Waals surface area (Å²) < 4.78 is 0. The van der Waals surface area contributed by atoms with Gasteiger partial charge in [-0.25, -0.2) is 0 Å². The number of aliphatic hydroxyl groups excluding tert-OH is 1. The van der Waals surface area contributed by atoms with Gasteiger partial charge in [0.05, 0.1) is 24.1 Å². The van der Waals surface area contributed by atoms with Gasteiger partial charge in [-0.3, -0.25) is 4.79 Å². The molecule has 1 amide bonds. The molecule has 2 unspecified atom stereocenters. The lowest BCUT2D eigenvalue weighted by molar-refractivity contribution is 0.0873. The van der Waals surface area contributed by atoms with Gasteiger partial charge in [-0.2, -0.15) is 10.2 Å². The van der Waals surface area contributed by atoms with Crippen molar-refractivity contribution >= 4 is 5.91 Å². The highest BCUT2D eigenvalue weighted by Gasteiger charge is 2.20. The van der Waals surface area contributed by atoms with Gasteiger partial charge >= 0.3 is 0 Å². The van der Waals surface area contributed by atoms with Crippen LogP contribution in [0.15, 0.2) is 18.5 Å². The Hall–Kier alpha value is -1.49. The second kappa shape index (κ2) is 5.72. The molecule has 5 heteroatoms. The number of nitrogens with one attached hydrogen (secondary N) is 1. The number of carbonyl (C=O) groups is 1. The van der Waals surface area contributed by atoms with Gasteiger partial charge in [0.1, 0.15) is 0 Å². The number of aromatic nitrogens is 2. The van der Waals surface area contributed by atoms with E-state index < -0.39 is 0 Å². The number of nitrogens with zero attached hydrogens (tertiary/aromatic N) is 2. The van der Waals surface area contributed by atoms with E-state index in [4.69, 9.17) is 0 Å². The predicted molar refractivity (Wildman–Crippen MR) is 62.3 cm³/mol. The van der Waals surface area contributed by atoms with Crippen molar-refractivity contribution in [3.05, 3.63) is 24.0 Å². The second-order valence-electron chi connectivity index (χ2n) is 4.53. The summed E-state index contributed by atoms with van der Waals surface area (Å²) in [5.41, 5.74) is 0.524. The van der Waals surface area contributed by atoms with E-state index in [9.17, 15) is 9.90 Å². The zero-order valence-electron chi connectivity index (χ0n) is 9.67. The van der Waals surface area contributed by atoms with E-state index in [1.54, 1.807) is 6.07 Å². The molecule has 0 saturated heterocycles. The number of aliphatic hydroxyl groups is 1. The molecular formula is C12H17N3O2. The van der Waals surface area contributed by atoms with Crippen molar-refractivity contribution in [1.82, 2.24) is 15.5 Å². The van der Waals surface area contributed by atoms with Crippen molar-refractivity contribution < 1.29 is 9.90 Å². The van der Waals surface area contributed by atoms with Crippen molar-refractivity contribution in [2.24, 2.45) is 5.92 Å². The molecule has 1 saturated carbocycles. The standard InChI is InChI=1S/C12H17N3O2/c16-11-3-1-2-9(6-11)7-13-12(17)10-4-5-14-15-8-10/h4-5,8-9,11,16H,1-3,6-7H2,(H,13,17). The van der Waals surface area contributed by atoms with Crippen LogP contribution >= 0.6 is 0 Å². The third-order valence-electron chi connectivity index (χ3n) is 3.15. The molecule has 92 valence electrons. The van der Waals surface area contributed by atoms with Crippen LogP contribution in [-0.2, 0) is 0 Å². The van der Waals surface area contributed by atoms with Gasteiger partial charge in [-0.15, -0.1) is 0 Å². The largest absolute Gasteiger partial charge is 0.393 e. The first-order valence-electron chi connectivity index (χ1n) is 5.98. The predicted octanol–water partition coefficient (Wildman–Crippen LogP) is 0.757. The third kappa shape index (κ3) is 3.49. The summed E-state index contributed by atoms with van der Waals surface area (Å²) in [6, 6.07) is 1.64. The zero-order valence-corrected chi connectivity index (χ0v) is 9.67. The molecule has 0 spiro atoms. The molecule has 0 radical (unpaired) electrons. The van der Waals surface area contributed by atoms with Gasteiger partial charge in [0.15, 0.2) is 0 Å². The molecule has 1 heterocycles. The van der Waals surface area contributed by atoms with Crippen molar-refractivity contribution in [3.63, 3.8) is 0 Å². The summed E-state index contributed by atoms with van der Waals surface area (Å²) in [7, 11) is 0. The van der Waals surface area contributed by atoms with Crippen LogP contribution in [0.2, 0.25) is 0 Å². The Morgan fingerprint density at radius 3 is 3.06 bits per heavy atom. The lowest BCUT2D eigenvalue weighted by Gasteiger charge is -2.25. The lowest BCUT2D eigenvalue weighted by Crippen LogP contribution is -2.33. The topological polar surface area (TPSA) is 75.1 Å². The molecule has 17 heavy (non-hydrogen) atoms. The van der Waals surface area contributed by atoms with Crippen LogP contribution in [0, 0.1) is 5.92 Å². The van der Waals surface area contributed by atoms with E-state index in [0.29, 0.717) is 18.0 Å². The first-order valence-corrected chi connectivity index (χ1v) is 5.98. The fourth-order valence-electron chi connectivity index (χ4n) is 2.21. The highest BCUT2D eigenvalue weighted by Crippen LogP contribution is 2.23. The summed E-state index contributed by atoms with van der Waals surface area (Å²) in [6.45, 7) is 0.623. The number of carbonyl (C=O) groups excluding carboxylic acids is 1. The van der Waals surface area contributed by atoms with Crippen LogP contribution in [0.5, 0.6) is 0 Å². The maximum absolute atomic E-state index is 11.7. The van der Waals surface area contributed by atoms with Crippen molar-refractivity contribution in [2.75, 3.05) is 6.54 Å². The molecule has 0 aromatic carbocycles. The quantitative estimate of drug-likeness (QED) is 0.811. The summed E-state index contributed by atoms with van der Waals surface area (Å²) in [5, 5.41) is 19.7. The maximum atomic E-state index is 11.7. The van der Waals surface area contributed by atoms with Gasteiger partial charge in [-0.1, -0.05) is 6.42 Å². The average Bonchev–Trinajstić information content (AvgIpc) is 2.37. The van der Waals surface area contributed by atoms with E-state index in [2.05, 4.69) is 15.5 Å². The molecule has 2 N–H and O–H groups in total. The van der Waals surface area contributed by atoms with Gasteiger partial charge in [0.2, 0.25) is 0 Å². The monoisotopic (exact) mass is 235 g/mol. The Labute approximate surface area is 100 Å². The molecule has 2 rings (SSSR count). The minimum atomic E-state index is -0.201. The van der Waals surface area contributed by atoms with E-state index in [1.807, 2.05) is 0 Å². The zero-order chi connectivity index (χ0) is 12.1. The highest BCUT2D eigenvalue weighted by molar-refractivity contribution is 5.93. The fraction of sp³-hybridized carbons (Fsp3) is 0.583. The Balaban J connectivity index is 1.80. The van der Waals surface area contributed by atoms with Crippen LogP contribution < -0.4 is 5.32 Å². The Morgan fingerprint density at radius 2 is 2.35 bits per heavy atom. The van der Waals surface area contributed by atoms with Crippen LogP contribution in [-0.4, -0.2) is 33.9 Å². The maximum Gasteiger partial charge on any atom is 0.252 e. The van der Waals surface area contributed by atoms with E-state index in [-0.39, 0.29) is 12.0 Å². The first-order chi connectivity index (χ1) is 8.25. The van der Waals surface area contributed by atoms with Crippen molar-refractivity contribution in [2.45, 2.75) is 31.8 Å². The molecule has 5 nitrogen and oxygen atoms in total. The molecule has 1 aliphatic rings. The van der Waals surface area contributed by atoms with Crippen LogP contribution in [0.4, 0.5) is 0 Å². The van der Waals surface area contributed by atoms with Crippen LogP contribution in [0.3, 0.4) is 0 Å². The van der Waals surface area contributed by atoms with E-state index in [1.165, 1.54) is 12.4 Å². The first kappa shape index (κ1) is 12.0. The minimum absolute atomic E-state index is 0.125. The smallest absolute Gasteiger partial charge is 0.252 e. The second-order valence-corrected chi connectivity index (χ2v) is 4.53. The molecule has 1 aromatic heterocycles. The number of rotatable bonds is 3. The van der Waals surface area contributed by atoms with Gasteiger partial charge in [-0.05, 0) is 31.2 Å². The van der Waals surface area contributed by atoms with Gasteiger partial charge in [0.25, 0.3) is 5.91 Å². The Morgan fingerprint density at radius 1 is 1.47 bits per heavy atom. The number of hydrogen-bond donors (Lipinski definition) is 2. The van der Waals surface area contributed by atoms with Crippen molar-refractivity contribution in [3.8, 4) is 0 Å². The summed E-state index contributed by atoms with van der Waals surface area (Å²) in [4.78, 5) is 11.7. The van der Waals surface area contributed by atoms with E-state index in [0.717, 1.165) is 25.7 Å². The van der Waals surface area contributed by atoms with E-state index >= 15 is 0 Å². The minimum Gasteiger partial charge on any atom is -0.393 e. The fourth-order valence-corrected chi connectivity index (χ4v) is 2.21. The van der Waals surface area contributed by atoms with Gasteiger partial charge < -0.3 is 10.4 Å². The summed E-state index contributed by atoms with van der Waals surface area (Å²) in [6.07, 6.45) is 6.54. The average molecular weight is 235 g/mol. The van der Waals surface area contributed by atoms with Gasteiger partial charge in [0, 0.05) is 6.54 Å².